The van der Waals surface area contributed by atoms with Crippen molar-refractivity contribution in [2.75, 3.05) is 84.6 Å². The van der Waals surface area contributed by atoms with E-state index in [-0.39, 0.29) is 37.6 Å². The minimum absolute atomic E-state index is 0.0348. The van der Waals surface area contributed by atoms with Crippen molar-refractivity contribution in [3.05, 3.63) is 101 Å². The number of aromatic nitrogens is 1. The maximum atomic E-state index is 14.0. The van der Waals surface area contributed by atoms with Crippen LogP contribution in [-0.2, 0) is 42.8 Å². The molecule has 0 aliphatic heterocycles. The predicted octanol–water partition coefficient (Wildman–Crippen LogP) is 8.44. The van der Waals surface area contributed by atoms with Crippen molar-refractivity contribution in [2.45, 2.75) is 84.9 Å². The normalized spacial score (nSPS) is 12.2. The molecule has 1 heterocycles. The van der Waals surface area contributed by atoms with Crippen molar-refractivity contribution in [1.82, 2.24) is 15.6 Å². The largest absolute Gasteiger partial charge is 0.491 e. The molecule has 0 spiro atoms. The van der Waals surface area contributed by atoms with Gasteiger partial charge < -0.3 is 43.8 Å². The molecule has 2 atom stereocenters. The lowest BCUT2D eigenvalue weighted by Crippen LogP contribution is -2.48. The van der Waals surface area contributed by atoms with E-state index in [0.29, 0.717) is 83.8 Å². The maximum Gasteiger partial charge on any atom is 0.416 e. The molecular weight excluding hydrogens is 887 g/mol. The molecule has 0 bridgehead atoms. The third kappa shape index (κ3) is 20.1. The molecule has 374 valence electrons. The van der Waals surface area contributed by atoms with Crippen LogP contribution in [0.15, 0.2) is 84.1 Å². The number of rotatable bonds is 30. The van der Waals surface area contributed by atoms with Crippen molar-refractivity contribution < 1.29 is 52.3 Å². The van der Waals surface area contributed by atoms with Crippen LogP contribution in [-0.4, -0.2) is 120 Å². The highest BCUT2D eigenvalue weighted by molar-refractivity contribution is 6.00. The number of fused-ring (bicyclic) bond motifs is 1. The zero-order valence-corrected chi connectivity index (χ0v) is 41.1. The zero-order valence-electron chi connectivity index (χ0n) is 41.1. The minimum Gasteiger partial charge on any atom is -0.491 e. The van der Waals surface area contributed by atoms with E-state index in [9.17, 15) is 19.2 Å². The van der Waals surface area contributed by atoms with E-state index in [1.54, 1.807) is 33.0 Å². The molecule has 0 aliphatic carbocycles. The van der Waals surface area contributed by atoms with E-state index in [2.05, 4.69) is 25.6 Å². The number of benzene rings is 3. The first-order chi connectivity index (χ1) is 33.2. The highest BCUT2D eigenvalue weighted by Gasteiger charge is 2.28. The van der Waals surface area contributed by atoms with Crippen molar-refractivity contribution >= 4 is 40.5 Å². The van der Waals surface area contributed by atoms with Crippen LogP contribution in [0.1, 0.15) is 77.5 Å². The number of methoxy groups -OCH3 is 1. The molecule has 0 radical (unpaired) electrons. The van der Waals surface area contributed by atoms with Crippen LogP contribution in [0.5, 0.6) is 5.75 Å². The Morgan fingerprint density at radius 1 is 0.812 bits per heavy atom. The van der Waals surface area contributed by atoms with E-state index >= 15 is 0 Å². The van der Waals surface area contributed by atoms with Gasteiger partial charge in [-0.2, -0.15) is 0 Å². The minimum atomic E-state index is -0.887. The predicted molar refractivity (Wildman–Crippen MR) is 263 cm³/mol. The van der Waals surface area contributed by atoms with Crippen molar-refractivity contribution in [2.24, 2.45) is 11.0 Å². The van der Waals surface area contributed by atoms with Gasteiger partial charge in [-0.1, -0.05) is 73.6 Å². The van der Waals surface area contributed by atoms with Gasteiger partial charge in [0.25, 0.3) is 0 Å². The zero-order chi connectivity index (χ0) is 50.0. The summed E-state index contributed by atoms with van der Waals surface area (Å²) in [6.45, 7) is 15.3. The molecular formula is C51H69N7O11. The van der Waals surface area contributed by atoms with Crippen LogP contribution in [0.3, 0.4) is 0 Å². The van der Waals surface area contributed by atoms with Crippen molar-refractivity contribution in [3.63, 3.8) is 0 Å². The van der Waals surface area contributed by atoms with Gasteiger partial charge in [-0.3, -0.25) is 19.3 Å². The summed E-state index contributed by atoms with van der Waals surface area (Å²) < 4.78 is 38.8. The quantitative estimate of drug-likeness (QED) is 0.0165. The van der Waals surface area contributed by atoms with Crippen LogP contribution in [0, 0.1) is 12.8 Å². The van der Waals surface area contributed by atoms with Gasteiger partial charge in [0, 0.05) is 36.0 Å². The lowest BCUT2D eigenvalue weighted by atomic mass is 9.95. The molecule has 0 unspecified atom stereocenters. The highest BCUT2D eigenvalue weighted by Crippen LogP contribution is 2.35. The Morgan fingerprint density at radius 3 is 2.06 bits per heavy atom. The Kier molecular flexibility index (Phi) is 23.7. The average Bonchev–Trinajstić information content (AvgIpc) is 3.31. The molecule has 1 aromatic heterocycles. The summed E-state index contributed by atoms with van der Waals surface area (Å²) in [5.74, 6) is -0.108. The van der Waals surface area contributed by atoms with E-state index in [4.69, 9.17) is 38.7 Å². The Morgan fingerprint density at radius 2 is 1.45 bits per heavy atom. The van der Waals surface area contributed by atoms with Crippen molar-refractivity contribution in [1.29, 1.82) is 0 Å². The van der Waals surface area contributed by atoms with Crippen LogP contribution >= 0.6 is 0 Å². The fourth-order valence-electron chi connectivity index (χ4n) is 7.09. The van der Waals surface area contributed by atoms with Gasteiger partial charge >= 0.3 is 12.1 Å². The smallest absolute Gasteiger partial charge is 0.416 e. The number of azide groups is 1. The number of esters is 1. The summed E-state index contributed by atoms with van der Waals surface area (Å²) in [6, 6.07) is 21.5. The number of ether oxygens (including phenoxy) is 7. The standard InChI is InChI=1S/C51H69N7O11/c1-36(2)33-44(55-47(59)13-10-23-58(50(62)69-51(4,5)6)46-34-37(3)20-21-53-46)49(61)56-43(35-48(60)63-7)39-16-14-38(15-17-39)40-18-19-45(42-12-9-8-11-41(40)42)68-32-31-67-30-29-66-28-27-65-26-25-64-24-22-54-57-52/h8-9,11-12,14-21,34,36,43-44H,10,13,22-33,35H2,1-7H3,(H,55,59)(H,56,61)/t43-,44-/m0/s1. The van der Waals surface area contributed by atoms with Crippen LogP contribution in [0.25, 0.3) is 32.3 Å². The van der Waals surface area contributed by atoms with E-state index < -0.39 is 35.7 Å². The van der Waals surface area contributed by atoms with E-state index in [1.165, 1.54) is 12.0 Å². The number of pyridine rings is 1. The topological polar surface area (TPSA) is 222 Å². The fraction of sp³-hybridized carbons (Fsp3) is 0.510. The molecule has 0 aliphatic rings. The van der Waals surface area contributed by atoms with Gasteiger partial charge in [0.2, 0.25) is 11.8 Å². The van der Waals surface area contributed by atoms with Crippen LogP contribution < -0.4 is 20.3 Å². The molecule has 0 saturated heterocycles. The van der Waals surface area contributed by atoms with Gasteiger partial charge in [0.1, 0.15) is 29.8 Å². The second-order valence-electron chi connectivity index (χ2n) is 17.5. The number of carbonyl (C=O) groups excluding carboxylic acids is 4. The monoisotopic (exact) mass is 956 g/mol. The molecule has 69 heavy (non-hydrogen) atoms. The molecule has 4 rings (SSSR count). The first kappa shape index (κ1) is 55.3. The third-order valence-corrected chi connectivity index (χ3v) is 10.4. The first-order valence-electron chi connectivity index (χ1n) is 23.4. The van der Waals surface area contributed by atoms with Gasteiger partial charge in [0.15, 0.2) is 0 Å². The third-order valence-electron chi connectivity index (χ3n) is 10.4. The Hall–Kier alpha value is -6.30. The lowest BCUT2D eigenvalue weighted by molar-refractivity contribution is -0.141. The van der Waals surface area contributed by atoms with E-state index in [1.807, 2.05) is 87.5 Å². The molecule has 0 fully saturated rings. The van der Waals surface area contributed by atoms with Gasteiger partial charge in [-0.25, -0.2) is 9.78 Å². The number of aryl methyl sites for hydroxylation is 1. The highest BCUT2D eigenvalue weighted by atomic mass is 16.6. The number of hydrogen-bond donors (Lipinski definition) is 2. The molecule has 4 aromatic rings. The number of nitrogens with zero attached hydrogens (tertiary/aromatic N) is 5. The second-order valence-corrected chi connectivity index (χ2v) is 17.5. The number of amides is 3. The molecule has 3 amide bonds. The fourth-order valence-corrected chi connectivity index (χ4v) is 7.09. The van der Waals surface area contributed by atoms with E-state index in [0.717, 1.165) is 33.2 Å². The van der Waals surface area contributed by atoms with Crippen LogP contribution in [0.4, 0.5) is 10.6 Å². The average molecular weight is 956 g/mol. The Labute approximate surface area is 405 Å². The molecule has 18 heteroatoms. The number of hydrogen-bond acceptors (Lipinski definition) is 13. The summed E-state index contributed by atoms with van der Waals surface area (Å²) in [5, 5.41) is 11.2. The summed E-state index contributed by atoms with van der Waals surface area (Å²) in [6.07, 6.45) is 1.59. The van der Waals surface area contributed by atoms with Gasteiger partial charge in [0.05, 0.1) is 72.4 Å². The number of anilines is 1. The Balaban J connectivity index is 1.33. The Bertz CT molecular complexity index is 2280. The van der Waals surface area contributed by atoms with Gasteiger partial charge in [-0.05, 0) is 97.8 Å². The summed E-state index contributed by atoms with van der Waals surface area (Å²) >= 11 is 0. The molecule has 3 aromatic carbocycles. The lowest BCUT2D eigenvalue weighted by Gasteiger charge is -2.27. The maximum absolute atomic E-state index is 14.0. The van der Waals surface area contributed by atoms with Crippen LogP contribution in [0.2, 0.25) is 0 Å². The number of nitrogens with one attached hydrogen (secondary N) is 2. The molecule has 18 nitrogen and oxygen atoms in total. The SMILES string of the molecule is COC(=O)C[C@H](NC(=O)[C@H](CC(C)C)NC(=O)CCCN(C(=O)OC(C)(C)C)c1cc(C)ccn1)c1ccc(-c2ccc(OCCOCCOCCOCCOCCN=[N+]=[N-])c3ccccc23)cc1. The summed E-state index contributed by atoms with van der Waals surface area (Å²) in [4.78, 5) is 61.7. The first-order valence-corrected chi connectivity index (χ1v) is 23.4. The molecule has 0 saturated carbocycles. The molecule has 2 N–H and O–H groups in total. The van der Waals surface area contributed by atoms with Gasteiger partial charge in [-0.15, -0.1) is 0 Å². The number of carbonyl (C=O) groups is 4. The second kappa shape index (κ2) is 29.6. The summed E-state index contributed by atoms with van der Waals surface area (Å²) in [7, 11) is 1.30. The van der Waals surface area contributed by atoms with Crippen molar-refractivity contribution in [3.8, 4) is 16.9 Å². The summed E-state index contributed by atoms with van der Waals surface area (Å²) in [5.41, 5.74) is 11.0.